The topological polar surface area (TPSA) is 93.6 Å². The van der Waals surface area contributed by atoms with E-state index in [-0.39, 0.29) is 13.1 Å². The van der Waals surface area contributed by atoms with Crippen LogP contribution in [-0.4, -0.2) is 41.3 Å². The lowest BCUT2D eigenvalue weighted by Crippen LogP contribution is -2.24. The third-order valence-electron chi connectivity index (χ3n) is 3.22. The van der Waals surface area contributed by atoms with Crippen molar-refractivity contribution in [3.05, 3.63) is 29.3 Å². The third kappa shape index (κ3) is 2.70. The second-order valence-electron chi connectivity index (χ2n) is 4.68. The van der Waals surface area contributed by atoms with E-state index in [0.29, 0.717) is 5.69 Å². The number of hydrogen-bond donors (Lipinski definition) is 4. The zero-order valence-corrected chi connectivity index (χ0v) is 10.4. The van der Waals surface area contributed by atoms with Crippen molar-refractivity contribution in [3.63, 3.8) is 0 Å². The Morgan fingerprint density at radius 3 is 2.25 bits per heavy atom. The molecule has 0 aliphatic carbocycles. The number of amidine groups is 1. The van der Waals surface area contributed by atoms with E-state index in [1.165, 1.54) is 6.07 Å². The number of benzene rings is 1. The Morgan fingerprint density at radius 2 is 1.80 bits per heavy atom. The maximum absolute atomic E-state index is 12.8. The molecule has 2 atom stereocenters. The van der Waals surface area contributed by atoms with Crippen LogP contribution in [0.1, 0.15) is 11.1 Å². The Morgan fingerprint density at radius 1 is 1.25 bits per heavy atom. The van der Waals surface area contributed by atoms with Crippen molar-refractivity contribution >= 4 is 11.5 Å². The van der Waals surface area contributed by atoms with Crippen molar-refractivity contribution in [3.8, 4) is 0 Å². The van der Waals surface area contributed by atoms with E-state index in [4.69, 9.17) is 11.1 Å². The molecule has 1 aromatic carbocycles. The van der Waals surface area contributed by atoms with Gasteiger partial charge in [-0.2, -0.15) is 13.2 Å². The molecule has 0 saturated carbocycles. The molecule has 5 N–H and O–H groups in total. The number of hydrogen-bond acceptors (Lipinski definition) is 4. The Balaban J connectivity index is 2.39. The van der Waals surface area contributed by atoms with Crippen molar-refractivity contribution in [2.75, 3.05) is 18.0 Å². The smallest absolute Gasteiger partial charge is 0.389 e. The fourth-order valence-electron chi connectivity index (χ4n) is 2.18. The van der Waals surface area contributed by atoms with Gasteiger partial charge >= 0.3 is 6.18 Å². The predicted molar refractivity (Wildman–Crippen MR) is 66.7 cm³/mol. The minimum Gasteiger partial charge on any atom is -0.389 e. The van der Waals surface area contributed by atoms with Crippen LogP contribution in [-0.2, 0) is 6.18 Å². The maximum Gasteiger partial charge on any atom is 0.417 e. The lowest BCUT2D eigenvalue weighted by atomic mass is 10.0. The molecule has 2 rings (SSSR count). The van der Waals surface area contributed by atoms with Gasteiger partial charge in [0.1, 0.15) is 5.84 Å². The molecular weight excluding hydrogens is 275 g/mol. The molecule has 0 aromatic heterocycles. The summed E-state index contributed by atoms with van der Waals surface area (Å²) in [5, 5.41) is 26.2. The van der Waals surface area contributed by atoms with Gasteiger partial charge in [0, 0.05) is 24.3 Å². The van der Waals surface area contributed by atoms with Crippen LogP contribution in [0.4, 0.5) is 18.9 Å². The zero-order chi connectivity index (χ0) is 15.1. The summed E-state index contributed by atoms with van der Waals surface area (Å²) in [5.74, 6) is -0.681. The monoisotopic (exact) mass is 289 g/mol. The summed E-state index contributed by atoms with van der Waals surface area (Å²) in [6.07, 6.45) is -6.49. The Labute approximate surface area is 112 Å². The Kier molecular flexibility index (Phi) is 3.61. The molecule has 1 saturated heterocycles. The molecule has 1 aliphatic heterocycles. The van der Waals surface area contributed by atoms with Gasteiger partial charge in [0.05, 0.1) is 17.8 Å². The summed E-state index contributed by atoms with van der Waals surface area (Å²) in [6.45, 7) is 0.230. The lowest BCUT2D eigenvalue weighted by molar-refractivity contribution is -0.137. The molecule has 0 spiro atoms. The first-order valence-corrected chi connectivity index (χ1v) is 5.87. The van der Waals surface area contributed by atoms with Gasteiger partial charge in [0.2, 0.25) is 0 Å². The number of nitrogens with zero attached hydrogens (tertiary/aromatic N) is 1. The van der Waals surface area contributed by atoms with Gasteiger partial charge in [-0.05, 0) is 18.2 Å². The fraction of sp³-hybridized carbons (Fsp3) is 0.417. The second-order valence-corrected chi connectivity index (χ2v) is 4.68. The largest absolute Gasteiger partial charge is 0.417 e. The average molecular weight is 289 g/mol. The lowest BCUT2D eigenvalue weighted by Gasteiger charge is -2.20. The van der Waals surface area contributed by atoms with Crippen LogP contribution in [0.5, 0.6) is 0 Å². The van der Waals surface area contributed by atoms with Crippen molar-refractivity contribution in [2.45, 2.75) is 18.4 Å². The summed E-state index contributed by atoms with van der Waals surface area (Å²) < 4.78 is 38.4. The third-order valence-corrected chi connectivity index (χ3v) is 3.22. The highest BCUT2D eigenvalue weighted by molar-refractivity contribution is 5.97. The quantitative estimate of drug-likeness (QED) is 0.472. The number of anilines is 1. The Bertz CT molecular complexity index is 523. The number of aliphatic hydroxyl groups excluding tert-OH is 2. The number of nitrogens with two attached hydrogens (primary N) is 1. The first-order chi connectivity index (χ1) is 9.20. The second kappa shape index (κ2) is 4.95. The van der Waals surface area contributed by atoms with E-state index in [9.17, 15) is 23.4 Å². The van der Waals surface area contributed by atoms with Crippen LogP contribution in [0.2, 0.25) is 0 Å². The molecule has 0 radical (unpaired) electrons. The van der Waals surface area contributed by atoms with Crippen LogP contribution in [0.25, 0.3) is 0 Å². The van der Waals surface area contributed by atoms with Crippen LogP contribution in [0.3, 0.4) is 0 Å². The minimum atomic E-state index is -4.59. The molecule has 8 heteroatoms. The maximum atomic E-state index is 12.8. The number of halogens is 3. The van der Waals surface area contributed by atoms with Crippen molar-refractivity contribution in [2.24, 2.45) is 5.73 Å². The minimum absolute atomic E-state index is 0.115. The van der Waals surface area contributed by atoms with Gasteiger partial charge in [0.15, 0.2) is 0 Å². The SMILES string of the molecule is N=C(N)c1cc(N2CC(O)C(O)C2)ccc1C(F)(F)F. The zero-order valence-electron chi connectivity index (χ0n) is 10.4. The van der Waals surface area contributed by atoms with Gasteiger partial charge in [-0.1, -0.05) is 0 Å². The highest BCUT2D eigenvalue weighted by atomic mass is 19.4. The van der Waals surface area contributed by atoms with E-state index in [1.807, 2.05) is 0 Å². The molecule has 0 amide bonds. The number of β-amino-alcohol motifs (C(OH)–C–C–N with tert-alkyl or cyclic N) is 2. The highest BCUT2D eigenvalue weighted by Crippen LogP contribution is 2.34. The molecule has 1 fully saturated rings. The standard InChI is InChI=1S/C12H14F3N3O2/c13-12(14,15)8-2-1-6(3-7(8)11(16)17)18-4-9(19)10(20)5-18/h1-3,9-10,19-20H,4-5H2,(H3,16,17). The number of nitrogen functional groups attached to an aromatic ring is 1. The average Bonchev–Trinajstić information content (AvgIpc) is 2.67. The molecule has 5 nitrogen and oxygen atoms in total. The van der Waals surface area contributed by atoms with Crippen molar-refractivity contribution < 1.29 is 23.4 Å². The molecule has 2 unspecified atom stereocenters. The van der Waals surface area contributed by atoms with E-state index in [2.05, 4.69) is 0 Å². The van der Waals surface area contributed by atoms with E-state index >= 15 is 0 Å². The first-order valence-electron chi connectivity index (χ1n) is 5.87. The van der Waals surface area contributed by atoms with E-state index in [0.717, 1.165) is 12.1 Å². The fourth-order valence-corrected chi connectivity index (χ4v) is 2.18. The van der Waals surface area contributed by atoms with Gasteiger partial charge in [-0.3, -0.25) is 5.41 Å². The summed E-state index contributed by atoms with van der Waals surface area (Å²) >= 11 is 0. The molecule has 1 aliphatic rings. The molecular formula is C12H14F3N3O2. The summed E-state index contributed by atoms with van der Waals surface area (Å²) in [7, 11) is 0. The molecule has 20 heavy (non-hydrogen) atoms. The predicted octanol–water partition coefficient (Wildman–Crippen LogP) is 0.531. The van der Waals surface area contributed by atoms with Crippen LogP contribution in [0, 0.1) is 5.41 Å². The van der Waals surface area contributed by atoms with Gasteiger partial charge < -0.3 is 20.8 Å². The first kappa shape index (κ1) is 14.6. The number of nitrogens with one attached hydrogen (secondary N) is 1. The Hall–Kier alpha value is -1.80. The van der Waals surface area contributed by atoms with Crippen LogP contribution in [0.15, 0.2) is 18.2 Å². The highest BCUT2D eigenvalue weighted by Gasteiger charge is 2.35. The number of rotatable bonds is 2. The summed E-state index contributed by atoms with van der Waals surface area (Å²) in [5.41, 5.74) is 4.18. The van der Waals surface area contributed by atoms with Crippen LogP contribution < -0.4 is 10.6 Å². The van der Waals surface area contributed by atoms with Crippen molar-refractivity contribution in [1.29, 1.82) is 5.41 Å². The van der Waals surface area contributed by atoms with Gasteiger partial charge in [-0.15, -0.1) is 0 Å². The van der Waals surface area contributed by atoms with E-state index < -0.39 is 35.3 Å². The van der Waals surface area contributed by atoms with Gasteiger partial charge in [-0.25, -0.2) is 0 Å². The summed E-state index contributed by atoms with van der Waals surface area (Å²) in [4.78, 5) is 1.54. The van der Waals surface area contributed by atoms with Crippen molar-refractivity contribution in [1.82, 2.24) is 0 Å². The van der Waals surface area contributed by atoms with E-state index in [1.54, 1.807) is 4.90 Å². The van der Waals surface area contributed by atoms with Gasteiger partial charge in [0.25, 0.3) is 0 Å². The number of alkyl halides is 3. The molecule has 0 bridgehead atoms. The normalized spacial score (nSPS) is 23.1. The molecule has 110 valence electrons. The molecule has 1 heterocycles. The van der Waals surface area contributed by atoms with Crippen LogP contribution >= 0.6 is 0 Å². The summed E-state index contributed by atoms with van der Waals surface area (Å²) in [6, 6.07) is 3.24. The molecule has 1 aromatic rings. The number of aliphatic hydroxyl groups is 2.